The zero-order valence-corrected chi connectivity index (χ0v) is 68.5. The zero-order chi connectivity index (χ0) is 77.4. The van der Waals surface area contributed by atoms with Gasteiger partial charge in [-0.25, -0.2) is 0 Å². The fourth-order valence-corrected chi connectivity index (χ4v) is 18.9. The monoisotopic (exact) mass is 1520 g/mol. The van der Waals surface area contributed by atoms with Gasteiger partial charge in [0.1, 0.15) is 46.0 Å². The normalized spacial score (nSPS) is 16.2. The van der Waals surface area contributed by atoms with E-state index >= 15 is 0 Å². The Hall–Kier alpha value is -8.64. The van der Waals surface area contributed by atoms with Gasteiger partial charge >= 0.3 is 0 Å². The highest BCUT2D eigenvalue weighted by molar-refractivity contribution is 5.89. The number of rotatable bonds is 44. The number of ether oxygens (including phenoxy) is 8. The van der Waals surface area contributed by atoms with Crippen LogP contribution in [0.2, 0.25) is 0 Å². The SMILES string of the molecule is CCCCCCCCCCCC1c2cc3c4c(-c5ccc(N)cc5)c2OCOc2c1cc1c(c2-c2ccc(N)cc2)OCOc2c(cc5c(c2-c2ccc(N)cc2)OCOc2c(cc(c(c2-c2ccc(N)cc2)OCO4)C3CCCCCCCCCCC)C5CCCCCCCCCCC)C1CCCCCCCCCCC. The summed E-state index contributed by atoms with van der Waals surface area (Å²) in [5.41, 5.74) is 45.8. The average molecular weight is 1520 g/mol. The van der Waals surface area contributed by atoms with Gasteiger partial charge in [-0.1, -0.05) is 307 Å². The second-order valence-electron chi connectivity index (χ2n) is 33.1. The van der Waals surface area contributed by atoms with E-state index in [1.54, 1.807) is 0 Å². The molecule has 12 nitrogen and oxygen atoms in total. The molecule has 13 rings (SSSR count). The number of hydrogen-bond donors (Lipinski definition) is 4. The first kappa shape index (κ1) is 81.4. The van der Waals surface area contributed by atoms with Crippen molar-refractivity contribution >= 4 is 22.7 Å². The lowest BCUT2D eigenvalue weighted by Gasteiger charge is -2.38. The first-order chi connectivity index (χ1) is 55.2. The van der Waals surface area contributed by atoms with Crippen molar-refractivity contribution in [1.82, 2.24) is 0 Å². The fourth-order valence-electron chi connectivity index (χ4n) is 18.9. The average Bonchev–Trinajstić information content (AvgIpc) is 0.711. The Morgan fingerprint density at radius 1 is 0.205 bits per heavy atom. The van der Waals surface area contributed by atoms with Gasteiger partial charge in [0.25, 0.3) is 0 Å². The molecule has 4 heterocycles. The van der Waals surface area contributed by atoms with Crippen LogP contribution < -0.4 is 60.8 Å². The lowest BCUT2D eigenvalue weighted by molar-refractivity contribution is 0.101. The fraction of sp³-hybridized carbons (Fsp3) is 0.520. The molecule has 12 heteroatoms. The maximum Gasteiger partial charge on any atom is 0.230 e. The van der Waals surface area contributed by atoms with Crippen molar-refractivity contribution in [1.29, 1.82) is 0 Å². The molecule has 0 fully saturated rings. The molecular formula is C100H132N4O8. The summed E-state index contributed by atoms with van der Waals surface area (Å²) in [6.07, 6.45) is 46.7. The number of nitrogens with two attached hydrogens (primary N) is 4. The van der Waals surface area contributed by atoms with Crippen LogP contribution in [-0.4, -0.2) is 27.2 Å². The first-order valence-corrected chi connectivity index (χ1v) is 44.5. The molecule has 0 amide bonds. The number of nitrogen functional groups attached to an aromatic ring is 4. The minimum Gasteiger partial charge on any atom is -0.456 e. The van der Waals surface area contributed by atoms with E-state index in [1.807, 2.05) is 48.5 Å². The molecule has 8 aromatic rings. The van der Waals surface area contributed by atoms with Gasteiger partial charge in [0.05, 0.1) is 22.3 Å². The Labute approximate surface area is 671 Å². The molecule has 0 aromatic heterocycles. The third-order valence-corrected chi connectivity index (χ3v) is 25.0. The third kappa shape index (κ3) is 19.7. The van der Waals surface area contributed by atoms with Crippen LogP contribution in [-0.2, 0) is 0 Å². The summed E-state index contributed by atoms with van der Waals surface area (Å²) >= 11 is 0. The van der Waals surface area contributed by atoms with Crippen LogP contribution in [0.15, 0.2) is 121 Å². The number of anilines is 4. The lowest BCUT2D eigenvalue weighted by atomic mass is 9.73. The number of unbranched alkanes of at least 4 members (excludes halogenated alkanes) is 32. The Kier molecular flexibility index (Phi) is 30.1. The predicted octanol–water partition coefficient (Wildman–Crippen LogP) is 28.1. The quantitative estimate of drug-likeness (QED) is 0.0210. The van der Waals surface area contributed by atoms with Crippen molar-refractivity contribution in [3.63, 3.8) is 0 Å². The minimum atomic E-state index is -0.248. The summed E-state index contributed by atoms with van der Waals surface area (Å²) in [6.45, 7) is 8.84. The van der Waals surface area contributed by atoms with Gasteiger partial charge in [0.2, 0.25) is 27.2 Å². The summed E-state index contributed by atoms with van der Waals surface area (Å²) in [6, 6.07) is 43.5. The summed E-state index contributed by atoms with van der Waals surface area (Å²) in [5, 5.41) is 0. The van der Waals surface area contributed by atoms with E-state index in [1.165, 1.54) is 180 Å². The second-order valence-corrected chi connectivity index (χ2v) is 33.1. The number of benzene rings is 8. The zero-order valence-electron chi connectivity index (χ0n) is 68.5. The summed E-state index contributed by atoms with van der Waals surface area (Å²) in [7, 11) is 0. The van der Waals surface area contributed by atoms with E-state index < -0.39 is 0 Å². The van der Waals surface area contributed by atoms with Crippen molar-refractivity contribution in [2.24, 2.45) is 0 Å². The molecule has 0 radical (unpaired) electrons. The summed E-state index contributed by atoms with van der Waals surface area (Å²) in [5.74, 6) is 5.02. The smallest absolute Gasteiger partial charge is 0.230 e. The molecule has 8 bridgehead atoms. The van der Waals surface area contributed by atoms with Crippen molar-refractivity contribution in [2.75, 3.05) is 50.1 Å². The number of hydrogen-bond acceptors (Lipinski definition) is 12. The maximum atomic E-state index is 7.52. The molecule has 8 aromatic carbocycles. The van der Waals surface area contributed by atoms with E-state index in [0.717, 1.165) is 212 Å². The highest BCUT2D eigenvalue weighted by atomic mass is 16.7. The van der Waals surface area contributed by atoms with Crippen LogP contribution in [0.5, 0.6) is 46.0 Å². The molecule has 0 atom stereocenters. The molecule has 0 spiro atoms. The predicted molar refractivity (Wildman–Crippen MR) is 464 cm³/mol. The Morgan fingerprint density at radius 3 is 0.500 bits per heavy atom. The highest BCUT2D eigenvalue weighted by Crippen LogP contribution is 2.63. The molecule has 0 saturated carbocycles. The van der Waals surface area contributed by atoms with Crippen molar-refractivity contribution in [2.45, 2.75) is 308 Å². The van der Waals surface area contributed by atoms with Crippen molar-refractivity contribution in [3.05, 3.63) is 166 Å². The van der Waals surface area contributed by atoms with Gasteiger partial charge in [0, 0.05) is 90.9 Å². The van der Waals surface area contributed by atoms with Crippen LogP contribution in [0.3, 0.4) is 0 Å². The van der Waals surface area contributed by atoms with Gasteiger partial charge in [-0.05, 0) is 121 Å². The van der Waals surface area contributed by atoms with Crippen LogP contribution in [0.25, 0.3) is 44.5 Å². The van der Waals surface area contributed by atoms with Gasteiger partial charge in [0.15, 0.2) is 0 Å². The molecule has 112 heavy (non-hydrogen) atoms. The van der Waals surface area contributed by atoms with Gasteiger partial charge in [-0.15, -0.1) is 0 Å². The topological polar surface area (TPSA) is 178 Å². The minimum absolute atomic E-state index is 0.0940. The molecule has 0 unspecified atom stereocenters. The molecule has 4 aliphatic heterocycles. The maximum absolute atomic E-state index is 7.52. The standard InChI is InChI=1S/C100H132N4O8/c1-5-9-13-17-21-25-29-33-37-41-77-81-61-83-78(42-38-34-30-26-22-18-14-10-6-2)85-63-87-80(44-40-36-32-28-24-20-16-12-8-4)88-64-86-79(43-39-35-31-27-23-19-15-11-7-3)84-62-82(77)94-90(70-47-55-74(102)56-48-70)96(84)108-67-110-98(86)92(72-51-59-76(104)60-52-72)100(88)112-68-111-99(87)91(71-49-57-75(103)58-50-71)97(85)109-66-107-95(83)89(93(81)105-65-106-94)69-45-53-73(101)54-46-69/h45-64,77-80H,5-44,65-68,101-104H2,1-4H3. The molecule has 600 valence electrons. The van der Waals surface area contributed by atoms with E-state index in [4.69, 9.17) is 60.8 Å². The van der Waals surface area contributed by atoms with Crippen LogP contribution in [0.1, 0.15) is 353 Å². The van der Waals surface area contributed by atoms with Gasteiger partial charge < -0.3 is 60.8 Å². The van der Waals surface area contributed by atoms with Crippen molar-refractivity contribution < 1.29 is 37.9 Å². The lowest BCUT2D eigenvalue weighted by Crippen LogP contribution is -2.24. The van der Waals surface area contributed by atoms with Gasteiger partial charge in [-0.2, -0.15) is 0 Å². The van der Waals surface area contributed by atoms with Crippen LogP contribution >= 0.6 is 0 Å². The van der Waals surface area contributed by atoms with Crippen LogP contribution in [0, 0.1) is 0 Å². The third-order valence-electron chi connectivity index (χ3n) is 25.0. The van der Waals surface area contributed by atoms with E-state index in [9.17, 15) is 0 Å². The van der Waals surface area contributed by atoms with E-state index in [-0.39, 0.29) is 50.8 Å². The summed E-state index contributed by atoms with van der Waals surface area (Å²) < 4.78 is 60.2. The van der Waals surface area contributed by atoms with Crippen molar-refractivity contribution in [3.8, 4) is 90.5 Å². The highest BCUT2D eigenvalue weighted by Gasteiger charge is 2.43. The van der Waals surface area contributed by atoms with E-state index in [0.29, 0.717) is 22.7 Å². The molecule has 0 saturated heterocycles. The van der Waals surface area contributed by atoms with Gasteiger partial charge in [-0.3, -0.25) is 0 Å². The second kappa shape index (κ2) is 41.4. The Bertz CT molecular complexity index is 3620. The molecular weight excluding hydrogens is 1390 g/mol. The summed E-state index contributed by atoms with van der Waals surface area (Å²) in [4.78, 5) is 0. The first-order valence-electron chi connectivity index (χ1n) is 44.5. The Balaban J connectivity index is 1.14. The van der Waals surface area contributed by atoms with E-state index in [2.05, 4.69) is 100 Å². The van der Waals surface area contributed by atoms with Crippen LogP contribution in [0.4, 0.5) is 22.7 Å². The molecule has 5 aliphatic rings. The molecule has 8 N–H and O–H groups in total. The molecule has 1 aliphatic carbocycles. The largest absolute Gasteiger partial charge is 0.456 e. The Morgan fingerprint density at radius 2 is 0.348 bits per heavy atom.